The molecule has 0 amide bonds. The minimum atomic E-state index is 1.27. The zero-order valence-corrected chi connectivity index (χ0v) is 10.4. The number of allylic oxidation sites excluding steroid dienone is 2. The summed E-state index contributed by atoms with van der Waals surface area (Å²) in [6.45, 7) is 4.33. The van der Waals surface area contributed by atoms with E-state index in [-0.39, 0.29) is 0 Å². The molecule has 0 bridgehead atoms. The first-order valence-electron chi connectivity index (χ1n) is 4.14. The standard InChI is InChI=1S/C9H17IS/c1-9(2)7-5-3-4-6-8-11-10/h7H,3-6,8H2,1-2H3. The van der Waals surface area contributed by atoms with Crippen molar-refractivity contribution in [3.8, 4) is 0 Å². The second kappa shape index (κ2) is 8.91. The van der Waals surface area contributed by atoms with E-state index in [0.29, 0.717) is 0 Å². The van der Waals surface area contributed by atoms with Crippen molar-refractivity contribution in [1.29, 1.82) is 0 Å². The van der Waals surface area contributed by atoms with Crippen molar-refractivity contribution in [2.75, 3.05) is 5.75 Å². The molecule has 0 radical (unpaired) electrons. The Morgan fingerprint density at radius 1 is 1.27 bits per heavy atom. The van der Waals surface area contributed by atoms with Crippen LogP contribution >= 0.6 is 30.1 Å². The van der Waals surface area contributed by atoms with E-state index >= 15 is 0 Å². The molecule has 0 rings (SSSR count). The van der Waals surface area contributed by atoms with Gasteiger partial charge in [-0.25, -0.2) is 0 Å². The molecule has 0 atom stereocenters. The third kappa shape index (κ3) is 10.8. The summed E-state index contributed by atoms with van der Waals surface area (Å²) in [6.07, 6.45) is 7.73. The highest BCUT2D eigenvalue weighted by molar-refractivity contribution is 14.2. The van der Waals surface area contributed by atoms with Gasteiger partial charge in [0.1, 0.15) is 0 Å². The van der Waals surface area contributed by atoms with Gasteiger partial charge in [-0.2, -0.15) is 0 Å². The molecule has 0 aliphatic rings. The second-order valence-corrected chi connectivity index (χ2v) is 5.44. The van der Waals surface area contributed by atoms with Gasteiger partial charge in [0, 0.05) is 5.75 Å². The van der Waals surface area contributed by atoms with E-state index in [1.54, 1.807) is 0 Å². The SMILES string of the molecule is CC(C)=CCCCCCSI. The molecule has 0 fully saturated rings. The van der Waals surface area contributed by atoms with E-state index in [9.17, 15) is 0 Å². The monoisotopic (exact) mass is 284 g/mol. The summed E-state index contributed by atoms with van der Waals surface area (Å²) in [7, 11) is 1.92. The number of hydrogen-bond acceptors (Lipinski definition) is 1. The Balaban J connectivity index is 2.97. The van der Waals surface area contributed by atoms with Crippen molar-refractivity contribution in [1.82, 2.24) is 0 Å². The predicted molar refractivity (Wildman–Crippen MR) is 64.4 cm³/mol. The summed E-state index contributed by atoms with van der Waals surface area (Å²) in [5.41, 5.74) is 1.45. The summed E-state index contributed by atoms with van der Waals surface area (Å²) in [4.78, 5) is 0. The molecule has 2 heteroatoms. The maximum Gasteiger partial charge on any atom is 0.00334 e. The van der Waals surface area contributed by atoms with Crippen LogP contribution in [0.15, 0.2) is 11.6 Å². The third-order valence-electron chi connectivity index (χ3n) is 1.48. The van der Waals surface area contributed by atoms with E-state index in [2.05, 4.69) is 41.1 Å². The van der Waals surface area contributed by atoms with Crippen LogP contribution in [-0.4, -0.2) is 5.75 Å². The van der Waals surface area contributed by atoms with Crippen molar-refractivity contribution in [3.63, 3.8) is 0 Å². The molecule has 0 aliphatic carbocycles. The van der Waals surface area contributed by atoms with Crippen molar-refractivity contribution in [2.24, 2.45) is 0 Å². The second-order valence-electron chi connectivity index (χ2n) is 2.94. The Bertz CT molecular complexity index is 106. The highest BCUT2D eigenvalue weighted by Gasteiger charge is 1.87. The normalized spacial score (nSPS) is 9.73. The lowest BCUT2D eigenvalue weighted by molar-refractivity contribution is 0.733. The fraction of sp³-hybridized carbons (Fsp3) is 0.778. The summed E-state index contributed by atoms with van der Waals surface area (Å²) in [5, 5.41) is 0. The highest BCUT2D eigenvalue weighted by Crippen LogP contribution is 2.14. The summed E-state index contributed by atoms with van der Waals surface area (Å²) < 4.78 is 0. The molecule has 0 saturated carbocycles. The number of rotatable bonds is 6. The molecule has 0 spiro atoms. The predicted octanol–water partition coefficient (Wildman–Crippen LogP) is 4.60. The van der Waals surface area contributed by atoms with Crippen LogP contribution in [0, 0.1) is 0 Å². The average Bonchev–Trinajstić information content (AvgIpc) is 1.96. The van der Waals surface area contributed by atoms with Crippen molar-refractivity contribution < 1.29 is 0 Å². The molecular formula is C9H17IS. The van der Waals surface area contributed by atoms with Gasteiger partial charge < -0.3 is 0 Å². The van der Waals surface area contributed by atoms with Gasteiger partial charge in [-0.3, -0.25) is 0 Å². The molecule has 0 aromatic heterocycles. The number of hydrogen-bond donors (Lipinski definition) is 0. The largest absolute Gasteiger partial charge is 0.0894 e. The van der Waals surface area contributed by atoms with Crippen molar-refractivity contribution >= 4 is 30.1 Å². The average molecular weight is 284 g/mol. The van der Waals surface area contributed by atoms with E-state index in [1.807, 2.05) is 8.93 Å². The lowest BCUT2D eigenvalue weighted by atomic mass is 10.1. The van der Waals surface area contributed by atoms with Gasteiger partial charge in [-0.15, -0.1) is 0 Å². The molecule has 0 aromatic carbocycles. The molecule has 11 heavy (non-hydrogen) atoms. The minimum Gasteiger partial charge on any atom is -0.0894 e. The lowest BCUT2D eigenvalue weighted by Crippen LogP contribution is -1.78. The van der Waals surface area contributed by atoms with Crippen LogP contribution in [0.25, 0.3) is 0 Å². The van der Waals surface area contributed by atoms with E-state index < -0.39 is 0 Å². The Hall–Kier alpha value is 0.820. The van der Waals surface area contributed by atoms with E-state index in [4.69, 9.17) is 0 Å². The van der Waals surface area contributed by atoms with Crippen LogP contribution in [0.2, 0.25) is 0 Å². The molecule has 0 heterocycles. The zero-order chi connectivity index (χ0) is 8.53. The topological polar surface area (TPSA) is 0 Å². The lowest BCUT2D eigenvalue weighted by Gasteiger charge is -1.95. The quantitative estimate of drug-likeness (QED) is 0.390. The van der Waals surface area contributed by atoms with Crippen molar-refractivity contribution in [3.05, 3.63) is 11.6 Å². The number of halogens is 1. The highest BCUT2D eigenvalue weighted by atomic mass is 127. The molecule has 0 aliphatic heterocycles. The first kappa shape index (κ1) is 11.8. The van der Waals surface area contributed by atoms with Gasteiger partial charge in [0.2, 0.25) is 0 Å². The smallest absolute Gasteiger partial charge is 0.00334 e. The van der Waals surface area contributed by atoms with E-state index in [1.165, 1.54) is 37.0 Å². The Labute approximate surface area is 86.8 Å². The summed E-state index contributed by atoms with van der Waals surface area (Å²) >= 11 is 2.36. The molecule has 66 valence electrons. The van der Waals surface area contributed by atoms with Gasteiger partial charge in [0.05, 0.1) is 0 Å². The van der Waals surface area contributed by atoms with Crippen LogP contribution < -0.4 is 0 Å². The van der Waals surface area contributed by atoms with Crippen molar-refractivity contribution in [2.45, 2.75) is 39.5 Å². The molecule has 0 aromatic rings. The van der Waals surface area contributed by atoms with Gasteiger partial charge in [-0.1, -0.05) is 27.0 Å². The first-order chi connectivity index (χ1) is 5.27. The molecule has 0 nitrogen and oxygen atoms in total. The molecule has 0 N–H and O–H groups in total. The summed E-state index contributed by atoms with van der Waals surface area (Å²) in [6, 6.07) is 0. The zero-order valence-electron chi connectivity index (χ0n) is 7.40. The molecule has 0 saturated heterocycles. The minimum absolute atomic E-state index is 1.27. The maximum absolute atomic E-state index is 2.36. The Morgan fingerprint density at radius 2 is 2.00 bits per heavy atom. The van der Waals surface area contributed by atoms with Gasteiger partial charge in [0.15, 0.2) is 0 Å². The maximum atomic E-state index is 2.36. The van der Waals surface area contributed by atoms with Crippen LogP contribution in [0.4, 0.5) is 0 Å². The third-order valence-corrected chi connectivity index (χ3v) is 3.24. The molecular weight excluding hydrogens is 267 g/mol. The van der Waals surface area contributed by atoms with Crippen LogP contribution in [0.5, 0.6) is 0 Å². The van der Waals surface area contributed by atoms with Gasteiger partial charge >= 0.3 is 0 Å². The number of unbranched alkanes of at least 4 members (excludes halogenated alkanes) is 3. The fourth-order valence-corrected chi connectivity index (χ4v) is 2.12. The van der Waals surface area contributed by atoms with Crippen LogP contribution in [-0.2, 0) is 0 Å². The Kier molecular flexibility index (Phi) is 9.58. The van der Waals surface area contributed by atoms with Gasteiger partial charge in [-0.05, 0) is 54.3 Å². The van der Waals surface area contributed by atoms with Crippen LogP contribution in [0.1, 0.15) is 39.5 Å². The summed E-state index contributed by atoms with van der Waals surface area (Å²) in [5.74, 6) is 1.31. The van der Waals surface area contributed by atoms with Gasteiger partial charge in [0.25, 0.3) is 0 Å². The molecule has 0 unspecified atom stereocenters. The Morgan fingerprint density at radius 3 is 2.55 bits per heavy atom. The van der Waals surface area contributed by atoms with E-state index in [0.717, 1.165) is 0 Å². The van der Waals surface area contributed by atoms with Crippen LogP contribution in [0.3, 0.4) is 0 Å². The fourth-order valence-electron chi connectivity index (χ4n) is 0.868. The first-order valence-corrected chi connectivity index (χ1v) is 7.67.